The van der Waals surface area contributed by atoms with Crippen LogP contribution in [0.5, 0.6) is 0 Å². The Balaban J connectivity index is 2.05. The van der Waals surface area contributed by atoms with E-state index in [9.17, 15) is 0 Å². The molecule has 1 heterocycles. The molecule has 2 aromatic rings. The van der Waals surface area contributed by atoms with E-state index >= 15 is 0 Å². The summed E-state index contributed by atoms with van der Waals surface area (Å²) in [5, 5.41) is 1.10. The lowest BCUT2D eigenvalue weighted by Crippen LogP contribution is -2.18. The van der Waals surface area contributed by atoms with Crippen LogP contribution < -0.4 is 5.73 Å². The van der Waals surface area contributed by atoms with Crippen LogP contribution in [0.15, 0.2) is 24.3 Å². The Hall–Kier alpha value is -1.19. The van der Waals surface area contributed by atoms with E-state index in [4.69, 9.17) is 5.73 Å². The Bertz CT molecular complexity index is 567. The molecule has 3 heteroatoms. The van der Waals surface area contributed by atoms with E-state index in [1.54, 1.807) is 11.3 Å². The average molecular weight is 244 g/mol. The maximum absolute atomic E-state index is 6.26. The zero-order chi connectivity index (χ0) is 12.0. The standard InChI is InChI=1S/C14H16N2S/c1-9-4-3-5-11(8-9)13-16-10(2)12(17-13)14(15)6-7-14/h3-5,8H,6-7,15H2,1-2H3. The molecular formula is C14H16N2S. The number of rotatable bonds is 2. The highest BCUT2D eigenvalue weighted by Crippen LogP contribution is 2.47. The van der Waals surface area contributed by atoms with Gasteiger partial charge in [-0.05, 0) is 32.8 Å². The van der Waals surface area contributed by atoms with Gasteiger partial charge in [-0.2, -0.15) is 0 Å². The van der Waals surface area contributed by atoms with E-state index < -0.39 is 0 Å². The number of nitrogens with zero attached hydrogens (tertiary/aromatic N) is 1. The quantitative estimate of drug-likeness (QED) is 0.879. The molecule has 0 aliphatic heterocycles. The van der Waals surface area contributed by atoms with Gasteiger partial charge in [0.15, 0.2) is 0 Å². The number of hydrogen-bond donors (Lipinski definition) is 1. The van der Waals surface area contributed by atoms with Crippen LogP contribution in [0.2, 0.25) is 0 Å². The summed E-state index contributed by atoms with van der Waals surface area (Å²) in [4.78, 5) is 5.94. The van der Waals surface area contributed by atoms with Crippen molar-refractivity contribution in [1.82, 2.24) is 4.98 Å². The highest BCUT2D eigenvalue weighted by Gasteiger charge is 2.43. The molecule has 0 amide bonds. The molecule has 1 aromatic heterocycles. The maximum Gasteiger partial charge on any atom is 0.123 e. The minimum Gasteiger partial charge on any atom is -0.321 e. The highest BCUT2D eigenvalue weighted by atomic mass is 32.1. The minimum atomic E-state index is -0.0656. The molecule has 0 radical (unpaired) electrons. The number of aryl methyl sites for hydroxylation is 2. The van der Waals surface area contributed by atoms with E-state index in [-0.39, 0.29) is 5.54 Å². The number of benzene rings is 1. The second-order valence-electron chi connectivity index (χ2n) is 4.96. The van der Waals surface area contributed by atoms with E-state index in [1.165, 1.54) is 16.0 Å². The highest BCUT2D eigenvalue weighted by molar-refractivity contribution is 7.15. The van der Waals surface area contributed by atoms with Gasteiger partial charge < -0.3 is 5.73 Å². The Morgan fingerprint density at radius 2 is 2.06 bits per heavy atom. The lowest BCUT2D eigenvalue weighted by atomic mass is 10.1. The fourth-order valence-electron chi connectivity index (χ4n) is 2.12. The van der Waals surface area contributed by atoms with Gasteiger partial charge in [0.1, 0.15) is 5.01 Å². The van der Waals surface area contributed by atoms with Crippen molar-refractivity contribution < 1.29 is 0 Å². The van der Waals surface area contributed by atoms with Crippen molar-refractivity contribution in [2.24, 2.45) is 5.73 Å². The van der Waals surface area contributed by atoms with Crippen LogP contribution >= 0.6 is 11.3 Å². The fraction of sp³-hybridized carbons (Fsp3) is 0.357. The Morgan fingerprint density at radius 3 is 2.71 bits per heavy atom. The van der Waals surface area contributed by atoms with Crippen molar-refractivity contribution in [3.63, 3.8) is 0 Å². The zero-order valence-electron chi connectivity index (χ0n) is 10.2. The molecule has 1 aromatic carbocycles. The van der Waals surface area contributed by atoms with Crippen LogP contribution in [-0.2, 0) is 5.54 Å². The first-order valence-electron chi connectivity index (χ1n) is 5.92. The van der Waals surface area contributed by atoms with Gasteiger partial charge in [0.05, 0.1) is 11.2 Å². The molecule has 3 rings (SSSR count). The molecule has 88 valence electrons. The van der Waals surface area contributed by atoms with Crippen molar-refractivity contribution in [3.8, 4) is 10.6 Å². The summed E-state index contributed by atoms with van der Waals surface area (Å²) in [6.07, 6.45) is 2.20. The van der Waals surface area contributed by atoms with E-state index in [0.717, 1.165) is 23.5 Å². The van der Waals surface area contributed by atoms with Gasteiger partial charge in [0.2, 0.25) is 0 Å². The molecule has 2 N–H and O–H groups in total. The third-order valence-electron chi connectivity index (χ3n) is 3.30. The molecule has 0 spiro atoms. The molecule has 0 bridgehead atoms. The minimum absolute atomic E-state index is 0.0656. The SMILES string of the molecule is Cc1cccc(-c2nc(C)c(C3(N)CC3)s2)c1. The van der Waals surface area contributed by atoms with Gasteiger partial charge >= 0.3 is 0 Å². The smallest absolute Gasteiger partial charge is 0.123 e. The third kappa shape index (κ3) is 1.90. The average Bonchev–Trinajstić information content (AvgIpc) is 2.89. The number of hydrogen-bond acceptors (Lipinski definition) is 3. The Morgan fingerprint density at radius 1 is 1.29 bits per heavy atom. The predicted molar refractivity (Wildman–Crippen MR) is 72.1 cm³/mol. The molecule has 0 atom stereocenters. The van der Waals surface area contributed by atoms with Gasteiger partial charge in [-0.3, -0.25) is 0 Å². The third-order valence-corrected chi connectivity index (χ3v) is 4.73. The monoisotopic (exact) mass is 244 g/mol. The van der Waals surface area contributed by atoms with Crippen molar-refractivity contribution in [2.45, 2.75) is 32.2 Å². The summed E-state index contributed by atoms with van der Waals surface area (Å²) in [7, 11) is 0. The number of aromatic nitrogens is 1. The molecule has 1 saturated carbocycles. The van der Waals surface area contributed by atoms with E-state index in [2.05, 4.69) is 43.1 Å². The summed E-state index contributed by atoms with van der Waals surface area (Å²) in [5.74, 6) is 0. The van der Waals surface area contributed by atoms with Crippen LogP contribution in [0.1, 0.15) is 29.0 Å². The van der Waals surface area contributed by atoms with Crippen LogP contribution in [0, 0.1) is 13.8 Å². The van der Waals surface area contributed by atoms with Crippen molar-refractivity contribution in [1.29, 1.82) is 0 Å². The lowest BCUT2D eigenvalue weighted by molar-refractivity contribution is 0.748. The summed E-state index contributed by atoms with van der Waals surface area (Å²) in [6, 6.07) is 8.48. The number of thiazole rings is 1. The zero-order valence-corrected chi connectivity index (χ0v) is 11.0. The van der Waals surface area contributed by atoms with Crippen molar-refractivity contribution in [3.05, 3.63) is 40.4 Å². The molecule has 2 nitrogen and oxygen atoms in total. The Kier molecular flexibility index (Phi) is 2.35. The van der Waals surface area contributed by atoms with Gasteiger partial charge in [-0.1, -0.05) is 23.8 Å². The first kappa shape index (κ1) is 10.9. The van der Waals surface area contributed by atoms with Crippen LogP contribution in [-0.4, -0.2) is 4.98 Å². The van der Waals surface area contributed by atoms with Crippen molar-refractivity contribution >= 4 is 11.3 Å². The summed E-state index contributed by atoms with van der Waals surface area (Å²) < 4.78 is 0. The van der Waals surface area contributed by atoms with Gasteiger partial charge in [-0.15, -0.1) is 11.3 Å². The van der Waals surface area contributed by atoms with Gasteiger partial charge in [-0.25, -0.2) is 4.98 Å². The molecule has 1 aliphatic carbocycles. The first-order chi connectivity index (χ1) is 8.08. The predicted octanol–water partition coefficient (Wildman–Crippen LogP) is 3.37. The molecule has 1 aliphatic rings. The van der Waals surface area contributed by atoms with E-state index in [1.807, 2.05) is 0 Å². The normalized spacial score (nSPS) is 17.1. The summed E-state index contributed by atoms with van der Waals surface area (Å²) >= 11 is 1.75. The van der Waals surface area contributed by atoms with Crippen LogP contribution in [0.3, 0.4) is 0 Å². The number of nitrogens with two attached hydrogens (primary N) is 1. The summed E-state index contributed by atoms with van der Waals surface area (Å²) in [5.41, 5.74) is 9.77. The van der Waals surface area contributed by atoms with Crippen LogP contribution in [0.25, 0.3) is 10.6 Å². The second-order valence-corrected chi connectivity index (χ2v) is 5.96. The largest absolute Gasteiger partial charge is 0.321 e. The van der Waals surface area contributed by atoms with Gasteiger partial charge in [0, 0.05) is 10.4 Å². The molecule has 17 heavy (non-hydrogen) atoms. The molecule has 0 saturated heterocycles. The lowest BCUT2D eigenvalue weighted by Gasteiger charge is -2.04. The molecular weight excluding hydrogens is 228 g/mol. The van der Waals surface area contributed by atoms with E-state index in [0.29, 0.717) is 0 Å². The topological polar surface area (TPSA) is 38.9 Å². The molecule has 0 unspecified atom stereocenters. The van der Waals surface area contributed by atoms with Crippen LogP contribution in [0.4, 0.5) is 0 Å². The fourth-order valence-corrected chi connectivity index (χ4v) is 3.34. The van der Waals surface area contributed by atoms with Gasteiger partial charge in [0.25, 0.3) is 0 Å². The first-order valence-corrected chi connectivity index (χ1v) is 6.74. The maximum atomic E-state index is 6.26. The summed E-state index contributed by atoms with van der Waals surface area (Å²) in [6.45, 7) is 4.17. The molecule has 1 fully saturated rings. The Labute approximate surface area is 106 Å². The van der Waals surface area contributed by atoms with Crippen molar-refractivity contribution in [2.75, 3.05) is 0 Å². The second kappa shape index (κ2) is 3.65.